The number of amides is 1. The van der Waals surface area contributed by atoms with Crippen LogP contribution in [-0.4, -0.2) is 54.9 Å². The largest absolute Gasteiger partial charge is 0.361 e. The van der Waals surface area contributed by atoms with Crippen molar-refractivity contribution in [2.75, 3.05) is 26.2 Å². The number of aryl methyl sites for hydroxylation is 4. The molecule has 1 aliphatic heterocycles. The second-order valence-corrected chi connectivity index (χ2v) is 9.12. The number of aromatic nitrogens is 1. The maximum absolute atomic E-state index is 13.0. The molecular formula is C19H23N3O4S. The molecule has 0 unspecified atom stereocenters. The lowest BCUT2D eigenvalue weighted by molar-refractivity contribution is 0.0695. The summed E-state index contributed by atoms with van der Waals surface area (Å²) in [5.74, 6) is 0.339. The van der Waals surface area contributed by atoms with Crippen LogP contribution in [0.25, 0.3) is 0 Å². The van der Waals surface area contributed by atoms with Crippen LogP contribution in [0.1, 0.15) is 39.4 Å². The summed E-state index contributed by atoms with van der Waals surface area (Å²) in [6.07, 6.45) is 3.05. The molecule has 1 aromatic heterocycles. The molecule has 4 rings (SSSR count). The van der Waals surface area contributed by atoms with Crippen LogP contribution in [0.5, 0.6) is 0 Å². The minimum absolute atomic E-state index is 0.152. The van der Waals surface area contributed by atoms with Crippen LogP contribution < -0.4 is 0 Å². The van der Waals surface area contributed by atoms with Gasteiger partial charge in [-0.3, -0.25) is 4.79 Å². The van der Waals surface area contributed by atoms with Gasteiger partial charge in [-0.2, -0.15) is 4.31 Å². The fourth-order valence-electron chi connectivity index (χ4n) is 3.94. The van der Waals surface area contributed by atoms with Crippen molar-refractivity contribution in [1.82, 2.24) is 14.4 Å². The van der Waals surface area contributed by atoms with Crippen LogP contribution in [0.15, 0.2) is 27.6 Å². The van der Waals surface area contributed by atoms with E-state index in [1.807, 2.05) is 12.1 Å². The quantitative estimate of drug-likeness (QED) is 0.801. The average Bonchev–Trinajstić information content (AvgIpc) is 3.27. The number of rotatable bonds is 3. The lowest BCUT2D eigenvalue weighted by atomic mass is 10.1. The van der Waals surface area contributed by atoms with Crippen molar-refractivity contribution in [2.45, 2.75) is 38.0 Å². The number of nitrogens with zero attached hydrogens (tertiary/aromatic N) is 3. The van der Waals surface area contributed by atoms with Gasteiger partial charge in [-0.05, 0) is 56.4 Å². The van der Waals surface area contributed by atoms with Crippen molar-refractivity contribution in [1.29, 1.82) is 0 Å². The molecule has 0 radical (unpaired) electrons. The van der Waals surface area contributed by atoms with Crippen LogP contribution in [0, 0.1) is 13.8 Å². The van der Waals surface area contributed by atoms with Crippen LogP contribution in [-0.2, 0) is 22.9 Å². The summed E-state index contributed by atoms with van der Waals surface area (Å²) < 4.78 is 32.5. The number of hydrogen-bond donors (Lipinski definition) is 0. The van der Waals surface area contributed by atoms with Crippen molar-refractivity contribution in [3.8, 4) is 0 Å². The highest BCUT2D eigenvalue weighted by Gasteiger charge is 2.32. The Balaban J connectivity index is 1.48. The van der Waals surface area contributed by atoms with Crippen LogP contribution in [0.2, 0.25) is 0 Å². The normalized spacial score (nSPS) is 17.9. The number of fused-ring (bicyclic) bond motifs is 1. The van der Waals surface area contributed by atoms with Crippen molar-refractivity contribution < 1.29 is 17.7 Å². The lowest BCUT2D eigenvalue weighted by Crippen LogP contribution is -2.50. The minimum atomic E-state index is -3.54. The van der Waals surface area contributed by atoms with E-state index in [2.05, 4.69) is 5.16 Å². The van der Waals surface area contributed by atoms with Crippen molar-refractivity contribution in [3.05, 3.63) is 46.3 Å². The lowest BCUT2D eigenvalue weighted by Gasteiger charge is -2.34. The maximum Gasteiger partial charge on any atom is 0.259 e. The minimum Gasteiger partial charge on any atom is -0.361 e. The van der Waals surface area contributed by atoms with E-state index in [0.29, 0.717) is 35.0 Å². The Hall–Kier alpha value is -2.19. The molecule has 0 atom stereocenters. The van der Waals surface area contributed by atoms with Gasteiger partial charge in [-0.15, -0.1) is 0 Å². The Morgan fingerprint density at radius 1 is 1.07 bits per heavy atom. The van der Waals surface area contributed by atoms with Gasteiger partial charge in [-0.25, -0.2) is 8.42 Å². The molecule has 2 aliphatic rings. The standard InChI is InChI=1S/C19H23N3O4S/c1-13-18(14(2)26-20-13)19(23)21-8-10-22(11-9-21)27(24,25)17-7-6-15-4-3-5-16(15)12-17/h6-7,12H,3-5,8-11H2,1-2H3. The molecular weight excluding hydrogens is 366 g/mol. The molecule has 0 spiro atoms. The zero-order valence-electron chi connectivity index (χ0n) is 15.6. The predicted octanol–water partition coefficient (Wildman–Crippen LogP) is 1.93. The number of hydrogen-bond acceptors (Lipinski definition) is 5. The second-order valence-electron chi connectivity index (χ2n) is 7.18. The molecule has 1 amide bonds. The van der Waals surface area contributed by atoms with Gasteiger partial charge in [0.05, 0.1) is 10.6 Å². The molecule has 7 nitrogen and oxygen atoms in total. The third kappa shape index (κ3) is 3.17. The third-order valence-electron chi connectivity index (χ3n) is 5.48. The molecule has 1 saturated heterocycles. The van der Waals surface area contributed by atoms with Gasteiger partial charge in [0.1, 0.15) is 11.3 Å². The van der Waals surface area contributed by atoms with E-state index in [4.69, 9.17) is 4.52 Å². The van der Waals surface area contributed by atoms with Crippen molar-refractivity contribution in [2.24, 2.45) is 0 Å². The molecule has 8 heteroatoms. The van der Waals surface area contributed by atoms with E-state index in [1.54, 1.807) is 24.8 Å². The van der Waals surface area contributed by atoms with E-state index < -0.39 is 10.0 Å². The van der Waals surface area contributed by atoms with E-state index in [1.165, 1.54) is 9.87 Å². The SMILES string of the molecule is Cc1noc(C)c1C(=O)N1CCN(S(=O)(=O)c2ccc3c(c2)CCC3)CC1. The zero-order valence-corrected chi connectivity index (χ0v) is 16.4. The average molecular weight is 389 g/mol. The summed E-state index contributed by atoms with van der Waals surface area (Å²) in [5, 5.41) is 3.83. The summed E-state index contributed by atoms with van der Waals surface area (Å²) in [7, 11) is -3.54. The highest BCUT2D eigenvalue weighted by Crippen LogP contribution is 2.27. The van der Waals surface area contributed by atoms with E-state index >= 15 is 0 Å². The molecule has 27 heavy (non-hydrogen) atoms. The number of piperazine rings is 1. The van der Waals surface area contributed by atoms with E-state index in [0.717, 1.165) is 24.8 Å². The molecule has 0 N–H and O–H groups in total. The summed E-state index contributed by atoms with van der Waals surface area (Å²) in [6.45, 7) is 4.73. The molecule has 2 heterocycles. The topological polar surface area (TPSA) is 83.7 Å². The Bertz CT molecular complexity index is 969. The number of carbonyl (C=O) groups is 1. The molecule has 0 bridgehead atoms. The van der Waals surface area contributed by atoms with E-state index in [9.17, 15) is 13.2 Å². The fraction of sp³-hybridized carbons (Fsp3) is 0.474. The van der Waals surface area contributed by atoms with Gasteiger partial charge >= 0.3 is 0 Å². The highest BCUT2D eigenvalue weighted by molar-refractivity contribution is 7.89. The summed E-state index contributed by atoms with van der Waals surface area (Å²) in [4.78, 5) is 14.7. The molecule has 2 aromatic rings. The van der Waals surface area contributed by atoms with Gasteiger partial charge < -0.3 is 9.42 Å². The van der Waals surface area contributed by atoms with Crippen LogP contribution in [0.4, 0.5) is 0 Å². The summed E-state index contributed by atoms with van der Waals surface area (Å²) >= 11 is 0. The number of benzene rings is 1. The first-order valence-electron chi connectivity index (χ1n) is 9.22. The van der Waals surface area contributed by atoms with Gasteiger partial charge in [0.25, 0.3) is 5.91 Å². The highest BCUT2D eigenvalue weighted by atomic mass is 32.2. The second kappa shape index (κ2) is 6.76. The van der Waals surface area contributed by atoms with Crippen molar-refractivity contribution >= 4 is 15.9 Å². The summed E-state index contributed by atoms with van der Waals surface area (Å²) in [5.41, 5.74) is 3.43. The van der Waals surface area contributed by atoms with Crippen molar-refractivity contribution in [3.63, 3.8) is 0 Å². The molecule has 1 aromatic carbocycles. The first-order chi connectivity index (χ1) is 12.9. The van der Waals surface area contributed by atoms with Gasteiger partial charge in [0.15, 0.2) is 0 Å². The predicted molar refractivity (Wildman–Crippen MR) is 99.1 cm³/mol. The van der Waals surface area contributed by atoms with E-state index in [-0.39, 0.29) is 19.0 Å². The summed E-state index contributed by atoms with van der Waals surface area (Å²) in [6, 6.07) is 5.46. The first kappa shape index (κ1) is 18.2. The number of sulfonamides is 1. The first-order valence-corrected chi connectivity index (χ1v) is 10.7. The Kier molecular flexibility index (Phi) is 4.55. The molecule has 0 saturated carbocycles. The molecule has 144 valence electrons. The molecule has 1 aliphatic carbocycles. The Morgan fingerprint density at radius 3 is 2.44 bits per heavy atom. The smallest absolute Gasteiger partial charge is 0.259 e. The van der Waals surface area contributed by atoms with Gasteiger partial charge in [0, 0.05) is 26.2 Å². The zero-order chi connectivity index (χ0) is 19.2. The Labute approximate surface area is 159 Å². The van der Waals surface area contributed by atoms with Crippen LogP contribution >= 0.6 is 0 Å². The Morgan fingerprint density at radius 2 is 1.78 bits per heavy atom. The van der Waals surface area contributed by atoms with Crippen LogP contribution in [0.3, 0.4) is 0 Å². The van der Waals surface area contributed by atoms with Gasteiger partial charge in [-0.1, -0.05) is 11.2 Å². The maximum atomic E-state index is 13.0. The number of carbonyl (C=O) groups excluding carboxylic acids is 1. The molecule has 1 fully saturated rings. The fourth-order valence-corrected chi connectivity index (χ4v) is 5.41. The third-order valence-corrected chi connectivity index (χ3v) is 7.38. The monoisotopic (exact) mass is 389 g/mol. The van der Waals surface area contributed by atoms with Gasteiger partial charge in [0.2, 0.25) is 10.0 Å².